The maximum absolute atomic E-state index is 5.83. The van der Waals surface area contributed by atoms with Crippen molar-refractivity contribution in [3.63, 3.8) is 0 Å². The fourth-order valence-electron chi connectivity index (χ4n) is 2.80. The normalized spacial score (nSPS) is 11.3. The van der Waals surface area contributed by atoms with Crippen LogP contribution in [0, 0.1) is 18.6 Å². The quantitative estimate of drug-likeness (QED) is 0.322. The molecule has 0 radical (unpaired) electrons. The van der Waals surface area contributed by atoms with E-state index in [0.29, 0.717) is 29.7 Å². The van der Waals surface area contributed by atoms with E-state index >= 15 is 0 Å². The van der Waals surface area contributed by atoms with E-state index in [9.17, 15) is 0 Å². The summed E-state index contributed by atoms with van der Waals surface area (Å²) < 4.78 is 15.2. The van der Waals surface area contributed by atoms with Gasteiger partial charge in [-0.05, 0) is 69.2 Å². The molecule has 2 heterocycles. The Morgan fingerprint density at radius 3 is 2.69 bits per heavy atom. The number of unbranched alkanes of at least 4 members (excludes halogenated alkanes) is 1. The number of rotatable bonds is 9. The average Bonchev–Trinajstić information content (AvgIpc) is 3.22. The predicted octanol–water partition coefficient (Wildman–Crippen LogP) is 4.20. The summed E-state index contributed by atoms with van der Waals surface area (Å²) in [7, 11) is 0. The molecule has 3 rings (SSSR count). The van der Waals surface area contributed by atoms with E-state index in [1.54, 1.807) is 15.6 Å². The van der Waals surface area contributed by atoms with Crippen LogP contribution in [0.2, 0.25) is 0 Å². The third kappa shape index (κ3) is 4.92. The number of ether oxygens (including phenoxy) is 2. The van der Waals surface area contributed by atoms with Crippen molar-refractivity contribution in [3.05, 3.63) is 46.0 Å². The van der Waals surface area contributed by atoms with Crippen molar-refractivity contribution in [2.24, 2.45) is 5.10 Å². The Balaban J connectivity index is 1.88. The molecule has 0 spiro atoms. The fraction of sp³-hybridized carbons (Fsp3) is 0.400. The lowest BCUT2D eigenvalue weighted by atomic mass is 10.2. The van der Waals surface area contributed by atoms with Gasteiger partial charge < -0.3 is 9.47 Å². The van der Waals surface area contributed by atoms with E-state index in [4.69, 9.17) is 21.7 Å². The van der Waals surface area contributed by atoms with Crippen LogP contribution in [0.1, 0.15) is 43.6 Å². The summed E-state index contributed by atoms with van der Waals surface area (Å²) in [5, 5.41) is 16.0. The average molecular weight is 415 g/mol. The van der Waals surface area contributed by atoms with Crippen molar-refractivity contribution in [2.75, 3.05) is 13.2 Å². The standard InChI is InChI=1S/C20H26N6O2S/c1-5-7-10-28-17-9-8-16(12-18(17)27-6-2)13-21-26-19(22-23-20(26)29)25-15(4)11-14(3)24-25/h8-9,11-13H,5-7,10H2,1-4H3,(H,23,29)/b21-13-. The minimum absolute atomic E-state index is 0.383. The number of hydrogen-bond donors (Lipinski definition) is 1. The molecule has 0 amide bonds. The highest BCUT2D eigenvalue weighted by atomic mass is 32.1. The zero-order valence-electron chi connectivity index (χ0n) is 17.2. The number of benzene rings is 1. The van der Waals surface area contributed by atoms with Gasteiger partial charge in [0, 0.05) is 5.69 Å². The summed E-state index contributed by atoms with van der Waals surface area (Å²) in [5.41, 5.74) is 2.70. The monoisotopic (exact) mass is 414 g/mol. The van der Waals surface area contributed by atoms with Gasteiger partial charge >= 0.3 is 0 Å². The molecule has 0 aliphatic carbocycles. The molecule has 3 aromatic rings. The van der Waals surface area contributed by atoms with Gasteiger partial charge in [-0.1, -0.05) is 13.3 Å². The van der Waals surface area contributed by atoms with Crippen LogP contribution in [-0.4, -0.2) is 44.1 Å². The van der Waals surface area contributed by atoms with Crippen molar-refractivity contribution in [1.82, 2.24) is 24.7 Å². The van der Waals surface area contributed by atoms with Crippen molar-refractivity contribution in [1.29, 1.82) is 0 Å². The molecular formula is C20H26N6O2S. The van der Waals surface area contributed by atoms with E-state index in [-0.39, 0.29) is 0 Å². The molecule has 0 aliphatic rings. The topological polar surface area (TPSA) is 82.3 Å². The van der Waals surface area contributed by atoms with Crippen LogP contribution in [0.5, 0.6) is 11.5 Å². The number of aromatic amines is 1. The molecule has 1 N–H and O–H groups in total. The lowest BCUT2D eigenvalue weighted by Gasteiger charge is -2.12. The second-order valence-corrected chi connectivity index (χ2v) is 6.95. The van der Waals surface area contributed by atoms with Gasteiger partial charge in [0.2, 0.25) is 4.77 Å². The zero-order chi connectivity index (χ0) is 20.8. The van der Waals surface area contributed by atoms with Crippen LogP contribution < -0.4 is 9.47 Å². The number of nitrogens with one attached hydrogen (secondary N) is 1. The number of hydrogen-bond acceptors (Lipinski definition) is 6. The van der Waals surface area contributed by atoms with Gasteiger partial charge in [-0.2, -0.15) is 14.9 Å². The molecule has 9 heteroatoms. The third-order valence-corrected chi connectivity index (χ3v) is 4.44. The van der Waals surface area contributed by atoms with Crippen molar-refractivity contribution >= 4 is 18.4 Å². The van der Waals surface area contributed by atoms with Gasteiger partial charge in [-0.15, -0.1) is 5.10 Å². The van der Waals surface area contributed by atoms with E-state index in [2.05, 4.69) is 27.3 Å². The Hall–Kier alpha value is -2.94. The summed E-state index contributed by atoms with van der Waals surface area (Å²) in [6.07, 6.45) is 3.79. The lowest BCUT2D eigenvalue weighted by Crippen LogP contribution is -2.07. The number of H-pyrrole nitrogens is 1. The highest BCUT2D eigenvalue weighted by molar-refractivity contribution is 7.71. The molecule has 0 saturated heterocycles. The van der Waals surface area contributed by atoms with Gasteiger partial charge in [-0.3, -0.25) is 0 Å². The number of aromatic nitrogens is 5. The summed E-state index contributed by atoms with van der Waals surface area (Å²) in [6.45, 7) is 9.19. The summed E-state index contributed by atoms with van der Waals surface area (Å²) >= 11 is 5.33. The minimum Gasteiger partial charge on any atom is -0.490 e. The Labute approximate surface area is 175 Å². The van der Waals surface area contributed by atoms with Crippen LogP contribution in [-0.2, 0) is 0 Å². The van der Waals surface area contributed by atoms with Crippen LogP contribution >= 0.6 is 12.2 Å². The summed E-state index contributed by atoms with van der Waals surface area (Å²) in [5.74, 6) is 1.93. The molecular weight excluding hydrogens is 388 g/mol. The minimum atomic E-state index is 0.383. The Kier molecular flexibility index (Phi) is 6.82. The molecule has 0 aliphatic heterocycles. The first-order valence-electron chi connectivity index (χ1n) is 9.68. The third-order valence-electron chi connectivity index (χ3n) is 4.18. The van der Waals surface area contributed by atoms with E-state index in [1.807, 2.05) is 45.0 Å². The summed E-state index contributed by atoms with van der Waals surface area (Å²) in [6, 6.07) is 7.71. The van der Waals surface area contributed by atoms with Gasteiger partial charge in [0.25, 0.3) is 5.95 Å². The lowest BCUT2D eigenvalue weighted by molar-refractivity contribution is 0.272. The van der Waals surface area contributed by atoms with Gasteiger partial charge in [0.15, 0.2) is 11.5 Å². The highest BCUT2D eigenvalue weighted by Gasteiger charge is 2.12. The maximum atomic E-state index is 5.83. The SMILES string of the molecule is CCCCOc1ccc(/C=N\n2c(-n3nc(C)cc3C)n[nH]c2=S)cc1OCC. The molecule has 8 nitrogen and oxygen atoms in total. The van der Waals surface area contributed by atoms with E-state index in [0.717, 1.165) is 35.5 Å². The first kappa shape index (κ1) is 20.8. The molecule has 0 atom stereocenters. The van der Waals surface area contributed by atoms with Gasteiger partial charge in [-0.25, -0.2) is 9.78 Å². The van der Waals surface area contributed by atoms with Crippen LogP contribution in [0.3, 0.4) is 0 Å². The zero-order valence-corrected chi connectivity index (χ0v) is 18.0. The van der Waals surface area contributed by atoms with E-state index in [1.165, 1.54) is 0 Å². The van der Waals surface area contributed by atoms with Crippen LogP contribution in [0.15, 0.2) is 29.4 Å². The van der Waals surface area contributed by atoms with Crippen molar-refractivity contribution in [3.8, 4) is 17.4 Å². The molecule has 0 fully saturated rings. The van der Waals surface area contributed by atoms with Crippen molar-refractivity contribution in [2.45, 2.75) is 40.5 Å². The van der Waals surface area contributed by atoms with Gasteiger partial charge in [0.05, 0.1) is 25.1 Å². The van der Waals surface area contributed by atoms with E-state index < -0.39 is 0 Å². The highest BCUT2D eigenvalue weighted by Crippen LogP contribution is 2.28. The molecule has 0 bridgehead atoms. The Morgan fingerprint density at radius 2 is 2.00 bits per heavy atom. The fourth-order valence-corrected chi connectivity index (χ4v) is 2.97. The molecule has 0 saturated carbocycles. The second-order valence-electron chi connectivity index (χ2n) is 6.57. The maximum Gasteiger partial charge on any atom is 0.271 e. The molecule has 0 unspecified atom stereocenters. The smallest absolute Gasteiger partial charge is 0.271 e. The number of nitrogens with zero attached hydrogens (tertiary/aromatic N) is 5. The van der Waals surface area contributed by atoms with Crippen LogP contribution in [0.4, 0.5) is 0 Å². The molecule has 2 aromatic heterocycles. The molecule has 154 valence electrons. The first-order chi connectivity index (χ1) is 14.0. The Bertz CT molecular complexity index is 1050. The second kappa shape index (κ2) is 9.51. The molecule has 1 aromatic carbocycles. The largest absolute Gasteiger partial charge is 0.490 e. The number of aryl methyl sites for hydroxylation is 2. The predicted molar refractivity (Wildman–Crippen MR) is 115 cm³/mol. The van der Waals surface area contributed by atoms with Gasteiger partial charge in [0.1, 0.15) is 0 Å². The summed E-state index contributed by atoms with van der Waals surface area (Å²) in [4.78, 5) is 0. The Morgan fingerprint density at radius 1 is 1.17 bits per heavy atom. The van der Waals surface area contributed by atoms with Crippen molar-refractivity contribution < 1.29 is 9.47 Å². The van der Waals surface area contributed by atoms with Crippen LogP contribution in [0.25, 0.3) is 5.95 Å². The molecule has 29 heavy (non-hydrogen) atoms. The first-order valence-corrected chi connectivity index (χ1v) is 10.1.